The topological polar surface area (TPSA) is 67.9 Å². The molecular weight excluding hydrogens is 320 g/mol. The van der Waals surface area contributed by atoms with Gasteiger partial charge in [-0.2, -0.15) is 0 Å². The average Bonchev–Trinajstić information content (AvgIpc) is 2.37. The first kappa shape index (κ1) is 20.0. The third-order valence-corrected chi connectivity index (χ3v) is 5.15. The maximum Gasteiger partial charge on any atom is 0.407 e. The molecule has 25 heavy (non-hydrogen) atoms. The molecule has 6 heteroatoms. The van der Waals surface area contributed by atoms with E-state index in [1.54, 1.807) is 0 Å². The second-order valence-electron chi connectivity index (χ2n) is 9.08. The molecule has 3 saturated carbocycles. The highest BCUT2D eigenvalue weighted by Crippen LogP contribution is 2.73. The quantitative estimate of drug-likeness (QED) is 0.679. The number of amides is 1. The number of hydrogen-bond donors (Lipinski definition) is 1. The fourth-order valence-electron chi connectivity index (χ4n) is 4.57. The zero-order valence-corrected chi connectivity index (χ0v) is 16.6. The first-order valence-corrected chi connectivity index (χ1v) is 9.33. The van der Waals surface area contributed by atoms with E-state index >= 15 is 0 Å². The molecule has 0 radical (unpaired) electrons. The first-order valence-electron chi connectivity index (χ1n) is 9.33. The smallest absolute Gasteiger partial charge is 0.407 e. The number of rotatable bonds is 8. The molecule has 1 amide bonds. The number of nitrogens with zero attached hydrogens (tertiary/aromatic N) is 1. The Kier molecular flexibility index (Phi) is 5.71. The van der Waals surface area contributed by atoms with Crippen LogP contribution in [0.25, 0.3) is 0 Å². The van der Waals surface area contributed by atoms with E-state index in [1.165, 1.54) is 7.11 Å². The van der Waals surface area contributed by atoms with Gasteiger partial charge >= 0.3 is 12.1 Å². The van der Waals surface area contributed by atoms with Gasteiger partial charge in [0.25, 0.3) is 0 Å². The highest BCUT2D eigenvalue weighted by Gasteiger charge is 2.72. The van der Waals surface area contributed by atoms with Crippen LogP contribution in [0, 0.1) is 10.8 Å². The summed E-state index contributed by atoms with van der Waals surface area (Å²) in [5, 5.41) is 2.92. The van der Waals surface area contributed by atoms with Crippen LogP contribution in [0.2, 0.25) is 0 Å². The number of hydrogen-bond acceptors (Lipinski definition) is 5. The van der Waals surface area contributed by atoms with Crippen molar-refractivity contribution in [3.05, 3.63) is 0 Å². The fraction of sp³-hybridized carbons (Fsp3) is 0.895. The molecule has 2 bridgehead atoms. The van der Waals surface area contributed by atoms with Crippen molar-refractivity contribution in [3.63, 3.8) is 0 Å². The summed E-state index contributed by atoms with van der Waals surface area (Å²) in [5.74, 6) is -0.0450. The molecule has 0 aromatic carbocycles. The van der Waals surface area contributed by atoms with Crippen LogP contribution in [0.3, 0.4) is 0 Å². The Balaban J connectivity index is 1.80. The van der Waals surface area contributed by atoms with Crippen molar-refractivity contribution in [1.29, 1.82) is 0 Å². The van der Waals surface area contributed by atoms with Gasteiger partial charge in [-0.25, -0.2) is 4.79 Å². The largest absolute Gasteiger partial charge is 0.469 e. The number of methoxy groups -OCH3 is 1. The van der Waals surface area contributed by atoms with Crippen LogP contribution in [-0.4, -0.2) is 55.3 Å². The second-order valence-corrected chi connectivity index (χ2v) is 9.08. The van der Waals surface area contributed by atoms with Crippen LogP contribution in [0.5, 0.6) is 0 Å². The lowest BCUT2D eigenvalue weighted by Crippen LogP contribution is -2.69. The number of esters is 1. The number of nitrogens with one attached hydrogen (secondary N) is 1. The van der Waals surface area contributed by atoms with Gasteiger partial charge in [0.2, 0.25) is 0 Å². The number of carbonyl (C=O) groups is 2. The van der Waals surface area contributed by atoms with Crippen LogP contribution < -0.4 is 5.32 Å². The van der Waals surface area contributed by atoms with Gasteiger partial charge in [0, 0.05) is 19.1 Å². The van der Waals surface area contributed by atoms with E-state index < -0.39 is 5.60 Å². The van der Waals surface area contributed by atoms with Crippen molar-refractivity contribution < 1.29 is 19.1 Å². The van der Waals surface area contributed by atoms with Crippen LogP contribution in [0.1, 0.15) is 60.3 Å². The van der Waals surface area contributed by atoms with E-state index in [2.05, 4.69) is 17.1 Å². The standard InChI is InChI=1S/C19H34N2O4/c1-7-8-21(9-14(2)20-16(23)25-17(3,4)5)13-18-10-19(11-18,12-18)15(22)24-6/h14H,7-13H2,1-6H3,(H,20,23)/t14-,18?,19?/m0/s1. The summed E-state index contributed by atoms with van der Waals surface area (Å²) in [4.78, 5) is 26.1. The SMILES string of the molecule is CCCN(C[C@H](C)NC(=O)OC(C)(C)C)CC12CC(C(=O)OC)(C1)C2. The summed E-state index contributed by atoms with van der Waals surface area (Å²) in [6, 6.07) is 0.0170. The van der Waals surface area contributed by atoms with Crippen LogP contribution >= 0.6 is 0 Å². The molecular formula is C19H34N2O4. The van der Waals surface area contributed by atoms with Crippen molar-refractivity contribution in [2.75, 3.05) is 26.7 Å². The van der Waals surface area contributed by atoms with Crippen molar-refractivity contribution in [1.82, 2.24) is 10.2 Å². The first-order chi connectivity index (χ1) is 11.5. The molecule has 0 unspecified atom stereocenters. The zero-order valence-electron chi connectivity index (χ0n) is 16.6. The monoisotopic (exact) mass is 354 g/mol. The van der Waals surface area contributed by atoms with Gasteiger partial charge in [0.15, 0.2) is 0 Å². The van der Waals surface area contributed by atoms with Crippen molar-refractivity contribution >= 4 is 12.1 Å². The molecule has 0 aliphatic heterocycles. The average molecular weight is 354 g/mol. The third-order valence-electron chi connectivity index (χ3n) is 5.15. The molecule has 1 N–H and O–H groups in total. The maximum absolute atomic E-state index is 11.9. The van der Waals surface area contributed by atoms with Crippen LogP contribution in [0.15, 0.2) is 0 Å². The Labute approximate surface area is 151 Å². The summed E-state index contributed by atoms with van der Waals surface area (Å²) < 4.78 is 10.2. The Morgan fingerprint density at radius 1 is 1.24 bits per heavy atom. The number of ether oxygens (including phenoxy) is 2. The Morgan fingerprint density at radius 3 is 2.32 bits per heavy atom. The predicted molar refractivity (Wildman–Crippen MR) is 96.3 cm³/mol. The molecule has 0 saturated heterocycles. The summed E-state index contributed by atoms with van der Waals surface area (Å²) in [5.41, 5.74) is -0.400. The summed E-state index contributed by atoms with van der Waals surface area (Å²) in [6.45, 7) is 12.5. The van der Waals surface area contributed by atoms with Gasteiger partial charge in [0.05, 0.1) is 12.5 Å². The lowest BCUT2D eigenvalue weighted by Gasteiger charge is -2.69. The van der Waals surface area contributed by atoms with E-state index in [-0.39, 0.29) is 28.9 Å². The fourth-order valence-corrected chi connectivity index (χ4v) is 4.57. The van der Waals surface area contributed by atoms with E-state index in [4.69, 9.17) is 9.47 Å². The second kappa shape index (κ2) is 7.14. The molecule has 0 heterocycles. The zero-order chi connectivity index (χ0) is 18.9. The molecule has 3 fully saturated rings. The summed E-state index contributed by atoms with van der Waals surface area (Å²) >= 11 is 0. The molecule has 1 atom stereocenters. The highest BCUT2D eigenvalue weighted by molar-refractivity contribution is 5.81. The van der Waals surface area contributed by atoms with E-state index in [0.717, 1.165) is 45.3 Å². The lowest BCUT2D eigenvalue weighted by molar-refractivity contribution is -0.230. The van der Waals surface area contributed by atoms with Gasteiger partial charge < -0.3 is 19.7 Å². The van der Waals surface area contributed by atoms with E-state index in [9.17, 15) is 9.59 Å². The molecule has 3 aliphatic carbocycles. The minimum Gasteiger partial charge on any atom is -0.469 e. The van der Waals surface area contributed by atoms with Crippen molar-refractivity contribution in [2.24, 2.45) is 10.8 Å². The Hall–Kier alpha value is -1.30. The van der Waals surface area contributed by atoms with Crippen LogP contribution in [0.4, 0.5) is 4.79 Å². The highest BCUT2D eigenvalue weighted by atomic mass is 16.6. The Morgan fingerprint density at radius 2 is 1.84 bits per heavy atom. The predicted octanol–water partition coefficient (Wildman–Crippen LogP) is 2.95. The molecule has 6 nitrogen and oxygen atoms in total. The van der Waals surface area contributed by atoms with Gasteiger partial charge in [0.1, 0.15) is 5.60 Å². The minimum absolute atomic E-state index is 0.0170. The Bertz CT molecular complexity index is 492. The molecule has 0 spiro atoms. The lowest BCUT2D eigenvalue weighted by atomic mass is 9.35. The van der Waals surface area contributed by atoms with E-state index in [0.29, 0.717) is 0 Å². The summed E-state index contributed by atoms with van der Waals surface area (Å²) in [6.07, 6.45) is 3.53. The molecule has 0 aromatic rings. The van der Waals surface area contributed by atoms with Crippen LogP contribution in [-0.2, 0) is 14.3 Å². The van der Waals surface area contributed by atoms with Gasteiger partial charge in [-0.1, -0.05) is 6.92 Å². The minimum atomic E-state index is -0.485. The van der Waals surface area contributed by atoms with Crippen molar-refractivity contribution in [3.8, 4) is 0 Å². The number of alkyl carbamates (subject to hydrolysis) is 1. The third kappa shape index (κ3) is 4.66. The van der Waals surface area contributed by atoms with Gasteiger partial charge in [-0.3, -0.25) is 4.79 Å². The maximum atomic E-state index is 11.9. The van der Waals surface area contributed by atoms with Gasteiger partial charge in [-0.05, 0) is 65.3 Å². The molecule has 3 aliphatic rings. The van der Waals surface area contributed by atoms with E-state index in [1.807, 2.05) is 27.7 Å². The van der Waals surface area contributed by atoms with Gasteiger partial charge in [-0.15, -0.1) is 0 Å². The molecule has 3 rings (SSSR count). The number of carbonyl (C=O) groups excluding carboxylic acids is 2. The molecule has 144 valence electrons. The summed E-state index contributed by atoms with van der Waals surface area (Å²) in [7, 11) is 1.48. The molecule has 0 aromatic heterocycles. The normalized spacial score (nSPS) is 28.6. The van der Waals surface area contributed by atoms with Crippen molar-refractivity contribution in [2.45, 2.75) is 71.9 Å².